The first-order valence-corrected chi connectivity index (χ1v) is 7.77. The van der Waals surface area contributed by atoms with Crippen LogP contribution in [0.1, 0.15) is 17.4 Å². The van der Waals surface area contributed by atoms with Crippen LogP contribution >= 0.6 is 11.3 Å². The van der Waals surface area contributed by atoms with E-state index >= 15 is 0 Å². The van der Waals surface area contributed by atoms with Crippen LogP contribution in [0.2, 0.25) is 0 Å². The molecule has 1 aromatic heterocycles. The molecule has 1 saturated heterocycles. The van der Waals surface area contributed by atoms with E-state index in [0.29, 0.717) is 11.5 Å². The summed E-state index contributed by atoms with van der Waals surface area (Å²) in [5, 5.41) is 26.1. The quantitative estimate of drug-likeness (QED) is 0.895. The van der Waals surface area contributed by atoms with E-state index in [9.17, 15) is 0 Å². The van der Waals surface area contributed by atoms with Crippen LogP contribution in [0.4, 0.5) is 0 Å². The molecule has 6 heteroatoms. The van der Waals surface area contributed by atoms with Gasteiger partial charge in [-0.05, 0) is 41.6 Å². The van der Waals surface area contributed by atoms with Gasteiger partial charge in [0.2, 0.25) is 5.96 Å². The predicted molar refractivity (Wildman–Crippen MR) is 88.2 cm³/mol. The normalized spacial score (nSPS) is 21.7. The van der Waals surface area contributed by atoms with Crippen LogP contribution < -0.4 is 5.32 Å². The molecular weight excluding hydrogens is 294 g/mol. The highest BCUT2D eigenvalue weighted by molar-refractivity contribution is 7.10. The van der Waals surface area contributed by atoms with Gasteiger partial charge in [-0.25, -0.2) is 0 Å². The molecule has 1 unspecified atom stereocenters. The molecule has 22 heavy (non-hydrogen) atoms. The Morgan fingerprint density at radius 1 is 1.27 bits per heavy atom. The smallest absolute Gasteiger partial charge is 0.207 e. The minimum Gasteiger partial charge on any atom is -0.331 e. The summed E-state index contributed by atoms with van der Waals surface area (Å²) in [7, 11) is 3.83. The lowest BCUT2D eigenvalue weighted by molar-refractivity contribution is 0.0215. The van der Waals surface area contributed by atoms with Gasteiger partial charge in [0.05, 0.1) is 11.6 Å². The summed E-state index contributed by atoms with van der Waals surface area (Å²) < 4.78 is 0. The van der Waals surface area contributed by atoms with E-state index in [1.165, 1.54) is 0 Å². The average molecular weight is 311 g/mol. The molecule has 0 amide bonds. The molecule has 2 N–H and O–H groups in total. The number of hydrazine groups is 1. The summed E-state index contributed by atoms with van der Waals surface area (Å²) in [5.74, 6) is 0.381. The van der Waals surface area contributed by atoms with Gasteiger partial charge in [-0.3, -0.25) is 10.4 Å². The molecule has 3 rings (SSSR count). The van der Waals surface area contributed by atoms with Crippen molar-refractivity contribution in [3.05, 3.63) is 46.2 Å². The van der Waals surface area contributed by atoms with E-state index in [2.05, 4.69) is 29.8 Å². The molecular formula is C16H17N5S. The predicted octanol–water partition coefficient (Wildman–Crippen LogP) is 2.78. The first-order valence-electron chi connectivity index (χ1n) is 6.89. The number of thiophene rings is 1. The number of benzene rings is 1. The lowest BCUT2D eigenvalue weighted by Crippen LogP contribution is -2.45. The van der Waals surface area contributed by atoms with Crippen LogP contribution in [0.3, 0.4) is 0 Å². The third-order valence-corrected chi connectivity index (χ3v) is 5.33. The van der Waals surface area contributed by atoms with E-state index in [1.807, 2.05) is 37.3 Å². The highest BCUT2D eigenvalue weighted by Gasteiger charge is 2.42. The lowest BCUT2D eigenvalue weighted by atomic mass is 10.0. The maximum absolute atomic E-state index is 9.03. The van der Waals surface area contributed by atoms with Crippen molar-refractivity contribution in [1.29, 1.82) is 10.7 Å². The molecule has 2 heterocycles. The average Bonchev–Trinajstić information content (AvgIpc) is 3.09. The molecule has 0 saturated carbocycles. The van der Waals surface area contributed by atoms with Crippen molar-refractivity contribution in [3.63, 3.8) is 0 Å². The molecule has 0 spiro atoms. The number of hydrogen-bond donors (Lipinski definition) is 2. The molecule has 0 radical (unpaired) electrons. The molecule has 112 valence electrons. The minimum atomic E-state index is -0.429. The standard InChI is InChI=1S/C16H17N5S/c1-16(19-15(18)20(2)21(16)3)14-8-13(10-22-14)12-6-4-5-11(7-12)9-17/h4-8,10H,1-3H3,(H2,18,19). The third kappa shape index (κ3) is 2.15. The second-order valence-electron chi connectivity index (χ2n) is 5.49. The van der Waals surface area contributed by atoms with Crippen molar-refractivity contribution in [2.45, 2.75) is 12.6 Å². The molecule has 1 aliphatic rings. The van der Waals surface area contributed by atoms with Gasteiger partial charge in [0.15, 0.2) is 0 Å². The Morgan fingerprint density at radius 3 is 2.68 bits per heavy atom. The zero-order valence-electron chi connectivity index (χ0n) is 12.7. The Labute approximate surface area is 133 Å². The van der Waals surface area contributed by atoms with Crippen LogP contribution in [0, 0.1) is 16.7 Å². The number of nitrogens with one attached hydrogen (secondary N) is 2. The van der Waals surface area contributed by atoms with Gasteiger partial charge >= 0.3 is 0 Å². The molecule has 2 aromatic rings. The van der Waals surface area contributed by atoms with Crippen molar-refractivity contribution < 1.29 is 0 Å². The van der Waals surface area contributed by atoms with Crippen molar-refractivity contribution in [1.82, 2.24) is 15.3 Å². The summed E-state index contributed by atoms with van der Waals surface area (Å²) in [6, 6.07) is 11.9. The SMILES string of the molecule is CN1C(=N)NC(C)(c2cc(-c3cccc(C#N)c3)cs2)N1C. The topological polar surface area (TPSA) is 66.2 Å². The molecule has 0 bridgehead atoms. The summed E-state index contributed by atoms with van der Waals surface area (Å²) >= 11 is 1.65. The summed E-state index contributed by atoms with van der Waals surface area (Å²) in [4.78, 5) is 1.13. The first kappa shape index (κ1) is 14.6. The Bertz CT molecular complexity index is 775. The maximum Gasteiger partial charge on any atom is 0.207 e. The molecule has 0 aliphatic carbocycles. The Balaban J connectivity index is 1.98. The fraction of sp³-hybridized carbons (Fsp3) is 0.250. The Kier molecular flexibility index (Phi) is 3.39. The third-order valence-electron chi connectivity index (χ3n) is 4.19. The van der Waals surface area contributed by atoms with Crippen LogP contribution in [-0.4, -0.2) is 30.1 Å². The number of guanidine groups is 1. The van der Waals surface area contributed by atoms with E-state index < -0.39 is 5.66 Å². The molecule has 1 atom stereocenters. The van der Waals surface area contributed by atoms with Crippen LogP contribution in [0.25, 0.3) is 11.1 Å². The van der Waals surface area contributed by atoms with Crippen LogP contribution in [-0.2, 0) is 5.66 Å². The fourth-order valence-corrected chi connectivity index (χ4v) is 3.64. The van der Waals surface area contributed by atoms with E-state index in [-0.39, 0.29) is 0 Å². The van der Waals surface area contributed by atoms with E-state index in [4.69, 9.17) is 10.7 Å². The van der Waals surface area contributed by atoms with Gasteiger partial charge in [0.25, 0.3) is 0 Å². The monoisotopic (exact) mass is 311 g/mol. The second-order valence-corrected chi connectivity index (χ2v) is 6.40. The largest absolute Gasteiger partial charge is 0.331 e. The number of hydrogen-bond acceptors (Lipinski definition) is 4. The lowest BCUT2D eigenvalue weighted by Gasteiger charge is -2.32. The summed E-state index contributed by atoms with van der Waals surface area (Å²) in [6.45, 7) is 2.06. The fourth-order valence-electron chi connectivity index (χ4n) is 2.57. The van der Waals surface area contributed by atoms with E-state index in [0.717, 1.165) is 16.0 Å². The minimum absolute atomic E-state index is 0.381. The molecule has 1 aromatic carbocycles. The summed E-state index contributed by atoms with van der Waals surface area (Å²) in [5.41, 5.74) is 2.36. The number of nitrogens with zero attached hydrogens (tertiary/aromatic N) is 3. The number of nitriles is 1. The van der Waals surface area contributed by atoms with Gasteiger partial charge in [0, 0.05) is 19.0 Å². The van der Waals surface area contributed by atoms with Crippen molar-refractivity contribution in [2.75, 3.05) is 14.1 Å². The van der Waals surface area contributed by atoms with Crippen LogP contribution in [0.15, 0.2) is 35.7 Å². The first-order chi connectivity index (χ1) is 10.5. The van der Waals surface area contributed by atoms with Gasteiger partial charge in [-0.1, -0.05) is 12.1 Å². The summed E-state index contributed by atoms with van der Waals surface area (Å²) in [6.07, 6.45) is 0. The molecule has 1 aliphatic heterocycles. The zero-order chi connectivity index (χ0) is 15.9. The van der Waals surface area contributed by atoms with Gasteiger partial charge < -0.3 is 5.32 Å². The van der Waals surface area contributed by atoms with Gasteiger partial charge in [-0.15, -0.1) is 11.3 Å². The number of rotatable bonds is 2. The Hall–Kier alpha value is -2.36. The van der Waals surface area contributed by atoms with E-state index in [1.54, 1.807) is 22.4 Å². The molecule has 5 nitrogen and oxygen atoms in total. The second kappa shape index (κ2) is 5.13. The van der Waals surface area contributed by atoms with Crippen molar-refractivity contribution in [3.8, 4) is 17.2 Å². The highest BCUT2D eigenvalue weighted by atomic mass is 32.1. The highest BCUT2D eigenvalue weighted by Crippen LogP contribution is 2.36. The molecule has 1 fully saturated rings. The van der Waals surface area contributed by atoms with Crippen molar-refractivity contribution >= 4 is 17.3 Å². The van der Waals surface area contributed by atoms with Gasteiger partial charge in [0.1, 0.15) is 5.66 Å². The Morgan fingerprint density at radius 2 is 2.05 bits per heavy atom. The zero-order valence-corrected chi connectivity index (χ0v) is 13.5. The van der Waals surface area contributed by atoms with Crippen LogP contribution in [0.5, 0.6) is 0 Å². The van der Waals surface area contributed by atoms with Crippen molar-refractivity contribution in [2.24, 2.45) is 0 Å². The maximum atomic E-state index is 9.03. The van der Waals surface area contributed by atoms with Gasteiger partial charge in [-0.2, -0.15) is 10.3 Å².